The van der Waals surface area contributed by atoms with E-state index in [1.165, 1.54) is 4.31 Å². The summed E-state index contributed by atoms with van der Waals surface area (Å²) in [7, 11) is -3.86. The van der Waals surface area contributed by atoms with Crippen LogP contribution in [-0.2, 0) is 34.2 Å². The van der Waals surface area contributed by atoms with Gasteiger partial charge in [0.15, 0.2) is 0 Å². The van der Waals surface area contributed by atoms with Crippen LogP contribution in [0.2, 0.25) is 0 Å². The van der Waals surface area contributed by atoms with Crippen LogP contribution in [0.15, 0.2) is 71.6 Å². The predicted molar refractivity (Wildman–Crippen MR) is 127 cm³/mol. The number of para-hydroxylation sites is 1. The number of rotatable bonds is 5. The van der Waals surface area contributed by atoms with Crippen LogP contribution in [0, 0.1) is 13.8 Å². The molecule has 0 aliphatic carbocycles. The van der Waals surface area contributed by atoms with E-state index in [0.717, 1.165) is 39.9 Å². The first-order valence-corrected chi connectivity index (χ1v) is 12.3. The van der Waals surface area contributed by atoms with Crippen molar-refractivity contribution in [2.45, 2.75) is 51.1 Å². The molecule has 0 spiro atoms. The van der Waals surface area contributed by atoms with Crippen molar-refractivity contribution in [3.05, 3.63) is 94.5 Å². The summed E-state index contributed by atoms with van der Waals surface area (Å²) in [4.78, 5) is 13.7. The number of carbonyl (C=O) groups is 1. The number of carbonyl (C=O) groups excluding carboxylic acids is 1. The van der Waals surface area contributed by atoms with Crippen molar-refractivity contribution >= 4 is 21.6 Å². The fourth-order valence-electron chi connectivity index (χ4n) is 4.23. The summed E-state index contributed by atoms with van der Waals surface area (Å²) < 4.78 is 28.6. The Labute approximate surface area is 190 Å². The Balaban J connectivity index is 1.74. The molecule has 3 aromatic rings. The molecule has 5 nitrogen and oxygen atoms in total. The first-order valence-electron chi connectivity index (χ1n) is 10.9. The zero-order chi connectivity index (χ0) is 22.9. The van der Waals surface area contributed by atoms with Crippen LogP contribution in [0.25, 0.3) is 0 Å². The third kappa shape index (κ3) is 4.20. The number of sulfonamides is 1. The molecular weight excluding hydrogens is 420 g/mol. The molecular formula is C26H28N2O3S. The lowest BCUT2D eigenvalue weighted by atomic mass is 9.95. The minimum absolute atomic E-state index is 0.166. The number of nitrogens with zero attached hydrogens (tertiary/aromatic N) is 1. The molecule has 3 aromatic carbocycles. The van der Waals surface area contributed by atoms with Crippen LogP contribution >= 0.6 is 0 Å². The van der Waals surface area contributed by atoms with E-state index in [-0.39, 0.29) is 17.3 Å². The van der Waals surface area contributed by atoms with Gasteiger partial charge in [0.25, 0.3) is 0 Å². The fourth-order valence-corrected chi connectivity index (χ4v) is 5.79. The van der Waals surface area contributed by atoms with Crippen LogP contribution in [0.5, 0.6) is 0 Å². The minimum Gasteiger partial charge on any atom is -0.324 e. The number of nitrogens with one attached hydrogen (secondary N) is 1. The Morgan fingerprint density at radius 2 is 1.66 bits per heavy atom. The molecule has 1 atom stereocenters. The molecule has 1 heterocycles. The molecule has 1 aliphatic rings. The second-order valence-electron chi connectivity index (χ2n) is 8.30. The van der Waals surface area contributed by atoms with Gasteiger partial charge in [-0.1, -0.05) is 67.1 Å². The maximum absolute atomic E-state index is 13.6. The van der Waals surface area contributed by atoms with Crippen molar-refractivity contribution < 1.29 is 13.2 Å². The monoisotopic (exact) mass is 448 g/mol. The zero-order valence-corrected chi connectivity index (χ0v) is 19.4. The van der Waals surface area contributed by atoms with E-state index in [0.29, 0.717) is 6.42 Å². The molecule has 4 rings (SSSR count). The van der Waals surface area contributed by atoms with Gasteiger partial charge in [0.05, 0.1) is 4.90 Å². The van der Waals surface area contributed by atoms with Crippen molar-refractivity contribution in [1.82, 2.24) is 4.31 Å². The first-order chi connectivity index (χ1) is 15.3. The van der Waals surface area contributed by atoms with Crippen LogP contribution in [-0.4, -0.2) is 24.7 Å². The van der Waals surface area contributed by atoms with Crippen molar-refractivity contribution in [3.8, 4) is 0 Å². The van der Waals surface area contributed by atoms with Gasteiger partial charge in [0.1, 0.15) is 6.04 Å². The van der Waals surface area contributed by atoms with Crippen molar-refractivity contribution in [2.75, 3.05) is 5.32 Å². The number of anilines is 1. The van der Waals surface area contributed by atoms with Gasteiger partial charge in [-0.05, 0) is 61.1 Å². The van der Waals surface area contributed by atoms with Crippen LogP contribution < -0.4 is 5.32 Å². The van der Waals surface area contributed by atoms with E-state index >= 15 is 0 Å². The van der Waals surface area contributed by atoms with E-state index in [2.05, 4.69) is 5.32 Å². The number of fused-ring (bicyclic) bond motifs is 1. The molecule has 0 aromatic heterocycles. The van der Waals surface area contributed by atoms with Gasteiger partial charge in [-0.3, -0.25) is 4.79 Å². The van der Waals surface area contributed by atoms with E-state index in [1.807, 2.05) is 63.2 Å². The molecule has 32 heavy (non-hydrogen) atoms. The molecule has 1 aliphatic heterocycles. The Morgan fingerprint density at radius 3 is 2.34 bits per heavy atom. The predicted octanol–water partition coefficient (Wildman–Crippen LogP) is 4.62. The average Bonchev–Trinajstić information content (AvgIpc) is 2.79. The lowest BCUT2D eigenvalue weighted by molar-refractivity contribution is -0.120. The van der Waals surface area contributed by atoms with Gasteiger partial charge in [0, 0.05) is 12.2 Å². The number of benzene rings is 3. The summed E-state index contributed by atoms with van der Waals surface area (Å²) in [5.74, 6) is -0.306. The summed E-state index contributed by atoms with van der Waals surface area (Å²) in [5.41, 5.74) is 5.67. The Morgan fingerprint density at radius 1 is 0.969 bits per heavy atom. The average molecular weight is 449 g/mol. The molecule has 1 amide bonds. The highest BCUT2D eigenvalue weighted by atomic mass is 32.2. The molecule has 0 bridgehead atoms. The van der Waals surface area contributed by atoms with Crippen LogP contribution in [0.3, 0.4) is 0 Å². The summed E-state index contributed by atoms with van der Waals surface area (Å²) >= 11 is 0. The van der Waals surface area contributed by atoms with Crippen LogP contribution in [0.1, 0.15) is 34.7 Å². The molecule has 6 heteroatoms. The molecule has 0 unspecified atom stereocenters. The molecule has 1 N–H and O–H groups in total. The van der Waals surface area contributed by atoms with Gasteiger partial charge in [-0.25, -0.2) is 8.42 Å². The summed E-state index contributed by atoms with van der Waals surface area (Å²) in [6.07, 6.45) is 1.11. The molecule has 0 fully saturated rings. The fraction of sp³-hybridized carbons (Fsp3) is 0.269. The van der Waals surface area contributed by atoms with E-state index in [9.17, 15) is 13.2 Å². The van der Waals surface area contributed by atoms with Crippen molar-refractivity contribution in [1.29, 1.82) is 0 Å². The largest absolute Gasteiger partial charge is 0.324 e. The highest BCUT2D eigenvalue weighted by molar-refractivity contribution is 7.89. The number of aryl methyl sites for hydroxylation is 3. The standard InChI is InChI=1S/C26H28N2O3S/c1-4-20-11-7-8-19(3)25(20)27-26(29)24-16-21-9-5-6-10-22(21)17-28(24)32(30,31)23-14-12-18(2)13-15-23/h5-15,24H,4,16-17H2,1-3H3,(H,27,29)/t24-/m0/s1. The number of amides is 1. The summed E-state index contributed by atoms with van der Waals surface area (Å²) in [5, 5.41) is 3.05. The summed E-state index contributed by atoms with van der Waals surface area (Å²) in [6.45, 7) is 6.07. The molecule has 0 saturated carbocycles. The Kier molecular flexibility index (Phi) is 6.17. The van der Waals surface area contributed by atoms with Crippen LogP contribution in [0.4, 0.5) is 5.69 Å². The normalized spacial score (nSPS) is 16.4. The smallest absolute Gasteiger partial charge is 0.244 e. The van der Waals surface area contributed by atoms with Gasteiger partial charge in [0.2, 0.25) is 15.9 Å². The Hall–Kier alpha value is -2.96. The Bertz CT molecular complexity index is 1250. The lowest BCUT2D eigenvalue weighted by Gasteiger charge is -2.35. The summed E-state index contributed by atoms with van der Waals surface area (Å²) in [6, 6.07) is 19.6. The second-order valence-corrected chi connectivity index (χ2v) is 10.2. The third-order valence-corrected chi connectivity index (χ3v) is 7.99. The van der Waals surface area contributed by atoms with Gasteiger partial charge >= 0.3 is 0 Å². The number of hydrogen-bond acceptors (Lipinski definition) is 3. The maximum Gasteiger partial charge on any atom is 0.244 e. The lowest BCUT2D eigenvalue weighted by Crippen LogP contribution is -2.50. The van der Waals surface area contributed by atoms with Crippen molar-refractivity contribution in [2.24, 2.45) is 0 Å². The van der Waals surface area contributed by atoms with E-state index < -0.39 is 16.1 Å². The quantitative estimate of drug-likeness (QED) is 0.619. The molecule has 0 saturated heterocycles. The van der Waals surface area contributed by atoms with E-state index in [4.69, 9.17) is 0 Å². The highest BCUT2D eigenvalue weighted by Crippen LogP contribution is 2.31. The first kappa shape index (κ1) is 22.2. The topological polar surface area (TPSA) is 66.5 Å². The van der Waals surface area contributed by atoms with Gasteiger partial charge < -0.3 is 5.32 Å². The molecule has 166 valence electrons. The SMILES string of the molecule is CCc1cccc(C)c1NC(=O)[C@@H]1Cc2ccccc2CN1S(=O)(=O)c1ccc(C)cc1. The van der Waals surface area contributed by atoms with Gasteiger partial charge in [-0.15, -0.1) is 0 Å². The van der Waals surface area contributed by atoms with Gasteiger partial charge in [-0.2, -0.15) is 4.31 Å². The minimum atomic E-state index is -3.86. The van der Waals surface area contributed by atoms with E-state index in [1.54, 1.807) is 24.3 Å². The maximum atomic E-state index is 13.6. The zero-order valence-electron chi connectivity index (χ0n) is 18.6. The second kappa shape index (κ2) is 8.88. The highest BCUT2D eigenvalue weighted by Gasteiger charge is 2.39. The number of hydrogen-bond donors (Lipinski definition) is 1. The molecule has 0 radical (unpaired) electrons. The van der Waals surface area contributed by atoms with Crippen molar-refractivity contribution in [3.63, 3.8) is 0 Å². The third-order valence-electron chi connectivity index (χ3n) is 6.12.